The molecule has 9 heteroatoms. The minimum atomic E-state index is -4.31. The molecule has 1 aromatic heterocycles. The maximum atomic E-state index is 13.0. The molecule has 4 rings (SSSR count). The van der Waals surface area contributed by atoms with Crippen LogP contribution in [0.1, 0.15) is 24.7 Å². The second-order valence-corrected chi connectivity index (χ2v) is 8.98. The Morgan fingerprint density at radius 1 is 1.03 bits per heavy atom. The molecule has 0 amide bonds. The number of rotatable bonds is 10. The number of methoxy groups -OCH3 is 1. The molecule has 1 aliphatic heterocycles. The maximum absolute atomic E-state index is 13.0. The van der Waals surface area contributed by atoms with Gasteiger partial charge in [0.25, 0.3) is 0 Å². The van der Waals surface area contributed by atoms with E-state index in [4.69, 9.17) is 9.26 Å². The first-order valence-electron chi connectivity index (χ1n) is 12.3. The highest BCUT2D eigenvalue weighted by Crippen LogP contribution is 2.32. The van der Waals surface area contributed by atoms with Crippen LogP contribution in [0.2, 0.25) is 0 Å². The molecule has 1 saturated heterocycles. The molecular weight excluding hydrogens is 469 g/mol. The fourth-order valence-electron chi connectivity index (χ4n) is 4.57. The average Bonchev–Trinajstić information content (AvgIpc) is 3.36. The first kappa shape index (κ1) is 26.0. The van der Waals surface area contributed by atoms with Crippen LogP contribution in [-0.2, 0) is 12.7 Å². The summed E-state index contributed by atoms with van der Waals surface area (Å²) in [5.74, 6) is 1.57. The van der Waals surface area contributed by atoms with Crippen molar-refractivity contribution in [3.8, 4) is 17.0 Å². The van der Waals surface area contributed by atoms with Crippen molar-refractivity contribution in [2.75, 3.05) is 57.8 Å². The number of alkyl halides is 3. The van der Waals surface area contributed by atoms with E-state index in [0.717, 1.165) is 81.1 Å². The third-order valence-corrected chi connectivity index (χ3v) is 6.63. The number of hydrogen-bond donors (Lipinski definition) is 0. The smallest absolute Gasteiger partial charge is 0.416 e. The first-order valence-corrected chi connectivity index (χ1v) is 12.3. The van der Waals surface area contributed by atoms with E-state index >= 15 is 0 Å². The summed E-state index contributed by atoms with van der Waals surface area (Å²) in [6, 6.07) is 15.3. The summed E-state index contributed by atoms with van der Waals surface area (Å²) in [7, 11) is 1.64. The van der Waals surface area contributed by atoms with Gasteiger partial charge in [-0.3, -0.25) is 9.80 Å². The first-order chi connectivity index (χ1) is 17.4. The molecule has 0 radical (unpaired) electrons. The minimum Gasteiger partial charge on any atom is -0.496 e. The predicted octanol–water partition coefficient (Wildman–Crippen LogP) is 5.40. The molecule has 0 spiro atoms. The molecular formula is C27H33F3N4O2. The third-order valence-electron chi connectivity index (χ3n) is 6.63. The van der Waals surface area contributed by atoms with Gasteiger partial charge in [0, 0.05) is 43.5 Å². The monoisotopic (exact) mass is 502 g/mol. The Morgan fingerprint density at radius 2 is 1.81 bits per heavy atom. The molecule has 0 atom stereocenters. The molecule has 1 fully saturated rings. The zero-order valence-electron chi connectivity index (χ0n) is 20.8. The number of halogens is 3. The highest BCUT2D eigenvalue weighted by Gasteiger charge is 2.31. The molecule has 194 valence electrons. The number of hydrogen-bond acceptors (Lipinski definition) is 6. The van der Waals surface area contributed by atoms with Gasteiger partial charge in [-0.2, -0.15) is 13.2 Å². The van der Waals surface area contributed by atoms with Gasteiger partial charge >= 0.3 is 6.18 Å². The number of nitrogens with zero attached hydrogens (tertiary/aromatic N) is 4. The van der Waals surface area contributed by atoms with E-state index in [9.17, 15) is 13.2 Å². The maximum Gasteiger partial charge on any atom is 0.416 e. The van der Waals surface area contributed by atoms with Gasteiger partial charge in [0.2, 0.25) is 0 Å². The van der Waals surface area contributed by atoms with E-state index < -0.39 is 11.7 Å². The van der Waals surface area contributed by atoms with E-state index in [1.54, 1.807) is 13.2 Å². The zero-order chi connectivity index (χ0) is 25.5. The molecule has 3 aromatic rings. The number of piperazine rings is 1. The Morgan fingerprint density at radius 3 is 2.53 bits per heavy atom. The molecule has 0 bridgehead atoms. The van der Waals surface area contributed by atoms with Gasteiger partial charge < -0.3 is 14.2 Å². The molecule has 2 heterocycles. The summed E-state index contributed by atoms with van der Waals surface area (Å²) in [4.78, 5) is 6.74. The molecule has 1 aliphatic rings. The molecule has 0 saturated carbocycles. The SMILES string of the molecule is CCN(CCCN1CCN(c2cccc(C(F)(F)F)c2)CC1)Cc1cc(-c2ccccc2OC)no1. The van der Waals surface area contributed by atoms with E-state index in [1.165, 1.54) is 12.1 Å². The number of para-hydroxylation sites is 1. The van der Waals surface area contributed by atoms with Crippen LogP contribution in [0.4, 0.5) is 18.9 Å². The third kappa shape index (κ3) is 6.59. The van der Waals surface area contributed by atoms with Gasteiger partial charge in [-0.05, 0) is 56.4 Å². The second-order valence-electron chi connectivity index (χ2n) is 8.98. The van der Waals surface area contributed by atoms with Crippen molar-refractivity contribution in [1.29, 1.82) is 0 Å². The van der Waals surface area contributed by atoms with Crippen molar-refractivity contribution >= 4 is 5.69 Å². The highest BCUT2D eigenvalue weighted by atomic mass is 19.4. The van der Waals surface area contributed by atoms with E-state index in [2.05, 4.69) is 21.9 Å². The van der Waals surface area contributed by atoms with Gasteiger partial charge in [-0.1, -0.05) is 30.3 Å². The van der Waals surface area contributed by atoms with E-state index in [-0.39, 0.29) is 0 Å². The van der Waals surface area contributed by atoms with Gasteiger partial charge in [0.05, 0.1) is 19.2 Å². The molecule has 6 nitrogen and oxygen atoms in total. The average molecular weight is 503 g/mol. The number of ether oxygens (including phenoxy) is 1. The summed E-state index contributed by atoms with van der Waals surface area (Å²) in [5, 5.41) is 4.23. The largest absolute Gasteiger partial charge is 0.496 e. The Balaban J connectivity index is 1.23. The number of aromatic nitrogens is 1. The van der Waals surface area contributed by atoms with Gasteiger partial charge in [-0.15, -0.1) is 0 Å². The summed E-state index contributed by atoms with van der Waals surface area (Å²) in [6.45, 7) is 8.72. The Bertz CT molecular complexity index is 1110. The highest BCUT2D eigenvalue weighted by molar-refractivity contribution is 5.66. The number of benzene rings is 2. The summed E-state index contributed by atoms with van der Waals surface area (Å²) in [5.41, 5.74) is 1.71. The van der Waals surface area contributed by atoms with Crippen LogP contribution in [0.25, 0.3) is 11.3 Å². The van der Waals surface area contributed by atoms with Crippen LogP contribution in [0.5, 0.6) is 5.75 Å². The van der Waals surface area contributed by atoms with Crippen LogP contribution in [-0.4, -0.2) is 67.9 Å². The van der Waals surface area contributed by atoms with Crippen molar-refractivity contribution in [3.05, 3.63) is 65.9 Å². The standard InChI is InChI=1S/C27H33F3N4O2/c1-3-32(20-23-19-25(31-36-23)24-10-4-5-11-26(24)35-2)12-7-13-33-14-16-34(17-15-33)22-9-6-8-21(18-22)27(28,29)30/h4-6,8-11,18-19H,3,7,12-17,20H2,1-2H3. The topological polar surface area (TPSA) is 45.0 Å². The Labute approximate surface area is 210 Å². The van der Waals surface area contributed by atoms with Crippen LogP contribution in [0.15, 0.2) is 59.1 Å². The van der Waals surface area contributed by atoms with Gasteiger partial charge in [0.15, 0.2) is 5.76 Å². The van der Waals surface area contributed by atoms with Crippen molar-refractivity contribution in [1.82, 2.24) is 15.0 Å². The predicted molar refractivity (Wildman–Crippen MR) is 134 cm³/mol. The summed E-state index contributed by atoms with van der Waals surface area (Å²) < 4.78 is 50.1. The van der Waals surface area contributed by atoms with Crippen molar-refractivity contribution in [2.24, 2.45) is 0 Å². The van der Waals surface area contributed by atoms with E-state index in [1.807, 2.05) is 35.2 Å². The Kier molecular flexibility index (Phi) is 8.53. The van der Waals surface area contributed by atoms with Crippen LogP contribution in [0, 0.1) is 0 Å². The van der Waals surface area contributed by atoms with Gasteiger partial charge in [-0.25, -0.2) is 0 Å². The molecule has 36 heavy (non-hydrogen) atoms. The van der Waals surface area contributed by atoms with E-state index in [0.29, 0.717) is 12.2 Å². The van der Waals surface area contributed by atoms with Crippen molar-refractivity contribution in [3.63, 3.8) is 0 Å². The van der Waals surface area contributed by atoms with Crippen molar-refractivity contribution < 1.29 is 22.4 Å². The zero-order valence-corrected chi connectivity index (χ0v) is 20.8. The van der Waals surface area contributed by atoms with Crippen molar-refractivity contribution in [2.45, 2.75) is 26.1 Å². The lowest BCUT2D eigenvalue weighted by Gasteiger charge is -2.36. The lowest BCUT2D eigenvalue weighted by Crippen LogP contribution is -2.47. The Hall–Kier alpha value is -3.04. The summed E-state index contributed by atoms with van der Waals surface area (Å²) in [6.07, 6.45) is -3.31. The number of anilines is 1. The fourth-order valence-corrected chi connectivity index (χ4v) is 4.57. The fraction of sp³-hybridized carbons (Fsp3) is 0.444. The van der Waals surface area contributed by atoms with Crippen LogP contribution < -0.4 is 9.64 Å². The molecule has 0 aliphatic carbocycles. The van der Waals surface area contributed by atoms with Crippen LogP contribution >= 0.6 is 0 Å². The van der Waals surface area contributed by atoms with Gasteiger partial charge in [0.1, 0.15) is 11.4 Å². The quantitative estimate of drug-likeness (QED) is 0.370. The van der Waals surface area contributed by atoms with Crippen LogP contribution in [0.3, 0.4) is 0 Å². The normalized spacial score (nSPS) is 15.0. The lowest BCUT2D eigenvalue weighted by atomic mass is 10.1. The molecule has 0 N–H and O–H groups in total. The lowest BCUT2D eigenvalue weighted by molar-refractivity contribution is -0.137. The molecule has 2 aromatic carbocycles. The summed E-state index contributed by atoms with van der Waals surface area (Å²) >= 11 is 0. The minimum absolute atomic E-state index is 0.594. The second kappa shape index (κ2) is 11.8. The molecule has 0 unspecified atom stereocenters.